The van der Waals surface area contributed by atoms with Gasteiger partial charge in [-0.1, -0.05) is 32.0 Å². The second kappa shape index (κ2) is 5.40. The van der Waals surface area contributed by atoms with Gasteiger partial charge >= 0.3 is 0 Å². The van der Waals surface area contributed by atoms with Crippen molar-refractivity contribution in [1.29, 1.82) is 0 Å². The first kappa shape index (κ1) is 12.9. The molecule has 4 heteroatoms. The molecule has 1 aliphatic rings. The van der Waals surface area contributed by atoms with E-state index in [9.17, 15) is 4.79 Å². The highest BCUT2D eigenvalue weighted by molar-refractivity contribution is 5.81. The van der Waals surface area contributed by atoms with Gasteiger partial charge in [-0.25, -0.2) is 0 Å². The lowest BCUT2D eigenvalue weighted by Gasteiger charge is -2.17. The molecule has 18 heavy (non-hydrogen) atoms. The first-order valence-electron chi connectivity index (χ1n) is 6.35. The lowest BCUT2D eigenvalue weighted by atomic mass is 10.0. The first-order chi connectivity index (χ1) is 8.58. The van der Waals surface area contributed by atoms with E-state index in [-0.39, 0.29) is 17.9 Å². The lowest BCUT2D eigenvalue weighted by Crippen LogP contribution is -2.46. The highest BCUT2D eigenvalue weighted by Gasteiger charge is 2.24. The fourth-order valence-corrected chi connectivity index (χ4v) is 2.00. The fourth-order valence-electron chi connectivity index (χ4n) is 2.00. The molecule has 3 N–H and O–H groups in total. The van der Waals surface area contributed by atoms with Crippen molar-refractivity contribution in [2.45, 2.75) is 32.4 Å². The van der Waals surface area contributed by atoms with Gasteiger partial charge in [-0.3, -0.25) is 4.79 Å². The van der Waals surface area contributed by atoms with Crippen LogP contribution in [-0.4, -0.2) is 24.6 Å². The van der Waals surface area contributed by atoms with Gasteiger partial charge in [0, 0.05) is 6.42 Å². The van der Waals surface area contributed by atoms with E-state index in [0.29, 0.717) is 6.54 Å². The Morgan fingerprint density at radius 3 is 2.89 bits per heavy atom. The molecule has 1 aliphatic heterocycles. The van der Waals surface area contributed by atoms with Crippen molar-refractivity contribution in [1.82, 2.24) is 5.32 Å². The van der Waals surface area contributed by atoms with Crippen molar-refractivity contribution in [2.24, 2.45) is 11.7 Å². The van der Waals surface area contributed by atoms with E-state index in [1.54, 1.807) is 0 Å². The standard InChI is InChI=1S/C14H20N2O2/c1-9(2)13(15)14(17)16-8-11-7-10-5-3-4-6-12(10)18-11/h3-6,9,11,13H,7-8,15H2,1-2H3,(H,16,17)/t11?,13-/m0/s1. The number of hydrogen-bond donors (Lipinski definition) is 2. The minimum Gasteiger partial charge on any atom is -0.488 e. The molecule has 2 atom stereocenters. The summed E-state index contributed by atoms with van der Waals surface area (Å²) < 4.78 is 5.74. The third-order valence-electron chi connectivity index (χ3n) is 3.24. The Morgan fingerprint density at radius 2 is 2.22 bits per heavy atom. The van der Waals surface area contributed by atoms with E-state index in [0.717, 1.165) is 12.2 Å². The van der Waals surface area contributed by atoms with Crippen molar-refractivity contribution in [3.05, 3.63) is 29.8 Å². The Morgan fingerprint density at radius 1 is 1.50 bits per heavy atom. The average molecular weight is 248 g/mol. The van der Waals surface area contributed by atoms with Gasteiger partial charge in [0.1, 0.15) is 11.9 Å². The second-order valence-corrected chi connectivity index (χ2v) is 5.07. The van der Waals surface area contributed by atoms with Gasteiger partial charge in [-0.2, -0.15) is 0 Å². The summed E-state index contributed by atoms with van der Waals surface area (Å²) in [5.74, 6) is 0.959. The Bertz CT molecular complexity index is 407. The summed E-state index contributed by atoms with van der Waals surface area (Å²) in [7, 11) is 0. The summed E-state index contributed by atoms with van der Waals surface area (Å²) in [4.78, 5) is 11.7. The van der Waals surface area contributed by atoms with Crippen molar-refractivity contribution in [2.75, 3.05) is 6.54 Å². The highest BCUT2D eigenvalue weighted by Crippen LogP contribution is 2.27. The van der Waals surface area contributed by atoms with E-state index in [2.05, 4.69) is 11.4 Å². The molecule has 4 nitrogen and oxygen atoms in total. The predicted molar refractivity (Wildman–Crippen MR) is 70.4 cm³/mol. The van der Waals surface area contributed by atoms with Gasteiger partial charge in [-0.15, -0.1) is 0 Å². The first-order valence-corrected chi connectivity index (χ1v) is 6.35. The van der Waals surface area contributed by atoms with Gasteiger partial charge in [-0.05, 0) is 17.5 Å². The smallest absolute Gasteiger partial charge is 0.237 e. The normalized spacial score (nSPS) is 19.2. The molecule has 0 radical (unpaired) electrons. The second-order valence-electron chi connectivity index (χ2n) is 5.07. The molecule has 0 saturated heterocycles. The molecule has 98 valence electrons. The summed E-state index contributed by atoms with van der Waals surface area (Å²) in [6.45, 7) is 4.38. The Balaban J connectivity index is 1.82. The molecule has 0 fully saturated rings. The molecular formula is C14H20N2O2. The molecule has 1 heterocycles. The summed E-state index contributed by atoms with van der Waals surface area (Å²) >= 11 is 0. The maximum absolute atomic E-state index is 11.7. The quantitative estimate of drug-likeness (QED) is 0.838. The number of fused-ring (bicyclic) bond motifs is 1. The van der Waals surface area contributed by atoms with E-state index < -0.39 is 6.04 Å². The van der Waals surface area contributed by atoms with Crippen molar-refractivity contribution >= 4 is 5.91 Å². The van der Waals surface area contributed by atoms with Crippen LogP contribution < -0.4 is 15.8 Å². The van der Waals surface area contributed by atoms with Crippen LogP contribution in [-0.2, 0) is 11.2 Å². The number of para-hydroxylation sites is 1. The Kier molecular flexibility index (Phi) is 3.87. The van der Waals surface area contributed by atoms with Crippen molar-refractivity contribution < 1.29 is 9.53 Å². The minimum atomic E-state index is -0.450. The SMILES string of the molecule is CC(C)[C@H](N)C(=O)NCC1Cc2ccccc2O1. The van der Waals surface area contributed by atoms with Crippen LogP contribution in [0.4, 0.5) is 0 Å². The molecule has 1 aromatic rings. The van der Waals surface area contributed by atoms with Crippen LogP contribution in [0.2, 0.25) is 0 Å². The molecule has 0 aromatic heterocycles. The fraction of sp³-hybridized carbons (Fsp3) is 0.500. The number of nitrogens with one attached hydrogen (secondary N) is 1. The number of benzene rings is 1. The lowest BCUT2D eigenvalue weighted by molar-refractivity contribution is -0.123. The molecular weight excluding hydrogens is 228 g/mol. The van der Waals surface area contributed by atoms with E-state index in [1.165, 1.54) is 5.56 Å². The van der Waals surface area contributed by atoms with Crippen LogP contribution in [0.3, 0.4) is 0 Å². The molecule has 0 aliphatic carbocycles. The van der Waals surface area contributed by atoms with Gasteiger partial charge in [0.15, 0.2) is 0 Å². The molecule has 0 saturated carbocycles. The number of carbonyl (C=O) groups excluding carboxylic acids is 1. The van der Waals surface area contributed by atoms with Crippen LogP contribution in [0.5, 0.6) is 5.75 Å². The van der Waals surface area contributed by atoms with Crippen LogP contribution >= 0.6 is 0 Å². The topological polar surface area (TPSA) is 64.4 Å². The maximum Gasteiger partial charge on any atom is 0.237 e. The predicted octanol–water partition coefficient (Wildman–Crippen LogP) is 1.09. The van der Waals surface area contributed by atoms with Gasteiger partial charge < -0.3 is 15.8 Å². The van der Waals surface area contributed by atoms with Crippen LogP contribution in [0.25, 0.3) is 0 Å². The summed E-state index contributed by atoms with van der Waals surface area (Å²) in [5, 5.41) is 2.85. The zero-order valence-electron chi connectivity index (χ0n) is 10.8. The van der Waals surface area contributed by atoms with E-state index in [1.807, 2.05) is 32.0 Å². The summed E-state index contributed by atoms with van der Waals surface area (Å²) in [6, 6.07) is 7.51. The number of amides is 1. The molecule has 2 rings (SSSR count). The molecule has 1 amide bonds. The van der Waals surface area contributed by atoms with Crippen LogP contribution in [0.1, 0.15) is 19.4 Å². The van der Waals surface area contributed by atoms with Crippen molar-refractivity contribution in [3.63, 3.8) is 0 Å². The Labute approximate surface area is 108 Å². The zero-order chi connectivity index (χ0) is 13.1. The van der Waals surface area contributed by atoms with Crippen LogP contribution in [0, 0.1) is 5.92 Å². The number of hydrogen-bond acceptors (Lipinski definition) is 3. The van der Waals surface area contributed by atoms with Gasteiger partial charge in [0.05, 0.1) is 12.6 Å². The number of carbonyl (C=O) groups is 1. The van der Waals surface area contributed by atoms with E-state index in [4.69, 9.17) is 10.5 Å². The molecule has 1 aromatic carbocycles. The van der Waals surface area contributed by atoms with E-state index >= 15 is 0 Å². The molecule has 1 unspecified atom stereocenters. The summed E-state index contributed by atoms with van der Waals surface area (Å²) in [6.07, 6.45) is 0.860. The average Bonchev–Trinajstić information content (AvgIpc) is 2.77. The van der Waals surface area contributed by atoms with Crippen molar-refractivity contribution in [3.8, 4) is 5.75 Å². The molecule has 0 spiro atoms. The Hall–Kier alpha value is -1.55. The number of nitrogens with two attached hydrogens (primary N) is 1. The minimum absolute atomic E-state index is 0.0192. The number of ether oxygens (including phenoxy) is 1. The number of rotatable bonds is 4. The van der Waals surface area contributed by atoms with Gasteiger partial charge in [0.2, 0.25) is 5.91 Å². The third-order valence-corrected chi connectivity index (χ3v) is 3.24. The molecule has 0 bridgehead atoms. The summed E-state index contributed by atoms with van der Waals surface area (Å²) in [5.41, 5.74) is 6.98. The van der Waals surface area contributed by atoms with Crippen LogP contribution in [0.15, 0.2) is 24.3 Å². The maximum atomic E-state index is 11.7. The third kappa shape index (κ3) is 2.82. The monoisotopic (exact) mass is 248 g/mol. The zero-order valence-corrected chi connectivity index (χ0v) is 10.8. The highest BCUT2D eigenvalue weighted by atomic mass is 16.5. The van der Waals surface area contributed by atoms with Gasteiger partial charge in [0.25, 0.3) is 0 Å². The largest absolute Gasteiger partial charge is 0.488 e.